The van der Waals surface area contributed by atoms with Gasteiger partial charge in [0.05, 0.1) is 12.6 Å². The van der Waals surface area contributed by atoms with E-state index in [1.165, 1.54) is 0 Å². The first-order valence-corrected chi connectivity index (χ1v) is 8.18. The van der Waals surface area contributed by atoms with Gasteiger partial charge in [0.1, 0.15) is 5.75 Å². The Balaban J connectivity index is 1.85. The maximum atomic E-state index is 12.0. The monoisotopic (exact) mass is 341 g/mol. The van der Waals surface area contributed by atoms with E-state index in [0.29, 0.717) is 11.3 Å². The predicted octanol–water partition coefficient (Wildman–Crippen LogP) is 3.01. The van der Waals surface area contributed by atoms with E-state index in [1.807, 2.05) is 31.2 Å². The summed E-state index contributed by atoms with van der Waals surface area (Å²) in [6, 6.07) is 14.0. The summed E-state index contributed by atoms with van der Waals surface area (Å²) in [4.78, 5) is 23.2. The minimum atomic E-state index is -0.533. The van der Waals surface area contributed by atoms with Gasteiger partial charge in [0.25, 0.3) is 0 Å². The third-order valence-corrected chi connectivity index (χ3v) is 3.65. The first-order chi connectivity index (χ1) is 12.0. The van der Waals surface area contributed by atoms with Gasteiger partial charge in [-0.3, -0.25) is 9.59 Å². The van der Waals surface area contributed by atoms with Gasteiger partial charge in [0.15, 0.2) is 0 Å². The molecule has 2 aromatic carbocycles. The minimum absolute atomic E-state index is 0.104. The van der Waals surface area contributed by atoms with E-state index >= 15 is 0 Å². The molecular weight excluding hydrogens is 318 g/mol. The highest BCUT2D eigenvalue weighted by Gasteiger charge is 2.06. The van der Waals surface area contributed by atoms with Gasteiger partial charge < -0.3 is 21.1 Å². The van der Waals surface area contributed by atoms with E-state index in [1.54, 1.807) is 24.3 Å². The van der Waals surface area contributed by atoms with Gasteiger partial charge in [-0.1, -0.05) is 13.0 Å². The summed E-state index contributed by atoms with van der Waals surface area (Å²) in [5.41, 5.74) is 6.92. The smallest absolute Gasteiger partial charge is 0.248 e. The molecule has 6 heteroatoms. The lowest BCUT2D eigenvalue weighted by atomic mass is 10.2. The molecule has 2 amide bonds. The van der Waals surface area contributed by atoms with Gasteiger partial charge in [0, 0.05) is 16.9 Å². The maximum absolute atomic E-state index is 12.0. The average Bonchev–Trinajstić information content (AvgIpc) is 2.61. The van der Waals surface area contributed by atoms with Crippen molar-refractivity contribution in [1.82, 2.24) is 0 Å². The van der Waals surface area contributed by atoms with E-state index < -0.39 is 5.91 Å². The fourth-order valence-corrected chi connectivity index (χ4v) is 2.10. The van der Waals surface area contributed by atoms with E-state index in [9.17, 15) is 9.59 Å². The number of nitrogens with two attached hydrogens (primary N) is 1. The molecule has 0 aromatic heterocycles. The molecule has 4 N–H and O–H groups in total. The zero-order chi connectivity index (χ0) is 18.2. The summed E-state index contributed by atoms with van der Waals surface area (Å²) in [7, 11) is 0. The summed E-state index contributed by atoms with van der Waals surface area (Å²) in [6.45, 7) is 4.19. The van der Waals surface area contributed by atoms with Crippen molar-refractivity contribution in [1.29, 1.82) is 0 Å². The number of benzene rings is 2. The van der Waals surface area contributed by atoms with Crippen molar-refractivity contribution in [2.75, 3.05) is 17.2 Å². The largest absolute Gasteiger partial charge is 0.491 e. The quantitative estimate of drug-likeness (QED) is 0.688. The normalized spacial score (nSPS) is 11.4. The van der Waals surface area contributed by atoms with Crippen LogP contribution in [0, 0.1) is 0 Å². The number of anilines is 2. The summed E-state index contributed by atoms with van der Waals surface area (Å²) >= 11 is 0. The zero-order valence-corrected chi connectivity index (χ0v) is 14.4. The van der Waals surface area contributed by atoms with Crippen LogP contribution in [-0.4, -0.2) is 24.5 Å². The van der Waals surface area contributed by atoms with Crippen molar-refractivity contribution < 1.29 is 14.3 Å². The fraction of sp³-hybridized carbons (Fsp3) is 0.263. The summed E-state index contributed by atoms with van der Waals surface area (Å²) in [5, 5.41) is 5.76. The number of amides is 2. The summed E-state index contributed by atoms with van der Waals surface area (Å²) < 4.78 is 5.71. The Labute approximate surface area is 147 Å². The Kier molecular flexibility index (Phi) is 6.39. The van der Waals surface area contributed by atoms with Gasteiger partial charge in [-0.05, 0) is 55.8 Å². The Hall–Kier alpha value is -3.02. The highest BCUT2D eigenvalue weighted by molar-refractivity contribution is 5.97. The average molecular weight is 341 g/mol. The molecule has 0 aliphatic rings. The third kappa shape index (κ3) is 5.84. The molecule has 2 rings (SSSR count). The molecule has 1 unspecified atom stereocenters. The van der Waals surface area contributed by atoms with E-state index in [4.69, 9.17) is 10.5 Å². The van der Waals surface area contributed by atoms with Gasteiger partial charge in [-0.2, -0.15) is 0 Å². The lowest BCUT2D eigenvalue weighted by Crippen LogP contribution is -2.22. The second-order valence-electron chi connectivity index (χ2n) is 5.71. The highest BCUT2D eigenvalue weighted by atomic mass is 16.5. The van der Waals surface area contributed by atoms with Crippen molar-refractivity contribution in [2.45, 2.75) is 26.4 Å². The van der Waals surface area contributed by atoms with Crippen LogP contribution in [0.2, 0.25) is 0 Å². The Morgan fingerprint density at radius 3 is 2.48 bits per heavy atom. The number of carbonyl (C=O) groups is 2. The van der Waals surface area contributed by atoms with E-state index in [-0.39, 0.29) is 18.6 Å². The van der Waals surface area contributed by atoms with Crippen LogP contribution in [0.15, 0.2) is 48.5 Å². The molecule has 2 aromatic rings. The van der Waals surface area contributed by atoms with Crippen molar-refractivity contribution in [3.05, 3.63) is 54.1 Å². The first-order valence-electron chi connectivity index (χ1n) is 8.18. The number of nitrogens with one attached hydrogen (secondary N) is 2. The van der Waals surface area contributed by atoms with E-state index in [2.05, 4.69) is 17.6 Å². The van der Waals surface area contributed by atoms with Crippen molar-refractivity contribution >= 4 is 23.2 Å². The van der Waals surface area contributed by atoms with Gasteiger partial charge in [-0.15, -0.1) is 0 Å². The summed E-state index contributed by atoms with van der Waals surface area (Å²) in [6.07, 6.45) is 1.11. The predicted molar refractivity (Wildman–Crippen MR) is 98.9 cm³/mol. The van der Waals surface area contributed by atoms with Crippen LogP contribution < -0.4 is 21.1 Å². The van der Waals surface area contributed by atoms with Crippen LogP contribution in [0.25, 0.3) is 0 Å². The van der Waals surface area contributed by atoms with Crippen LogP contribution in [0.1, 0.15) is 30.6 Å². The Morgan fingerprint density at radius 2 is 1.84 bits per heavy atom. The molecule has 0 bridgehead atoms. The molecule has 0 saturated carbocycles. The minimum Gasteiger partial charge on any atom is -0.491 e. The zero-order valence-electron chi connectivity index (χ0n) is 14.4. The van der Waals surface area contributed by atoms with Crippen molar-refractivity contribution in [3.63, 3.8) is 0 Å². The van der Waals surface area contributed by atoms with Crippen LogP contribution in [0.3, 0.4) is 0 Å². The van der Waals surface area contributed by atoms with Crippen LogP contribution in [-0.2, 0) is 4.79 Å². The van der Waals surface area contributed by atoms with Crippen LogP contribution >= 0.6 is 0 Å². The molecule has 0 aliphatic carbocycles. The number of hydrogen-bond donors (Lipinski definition) is 3. The number of ether oxygens (including phenoxy) is 1. The van der Waals surface area contributed by atoms with Crippen molar-refractivity contribution in [3.8, 4) is 5.75 Å². The number of primary amides is 1. The molecule has 0 heterocycles. The number of carbonyl (C=O) groups excluding carboxylic acids is 2. The number of rotatable bonds is 8. The lowest BCUT2D eigenvalue weighted by molar-refractivity contribution is -0.114. The van der Waals surface area contributed by atoms with Gasteiger partial charge in [-0.25, -0.2) is 0 Å². The Morgan fingerprint density at radius 1 is 1.12 bits per heavy atom. The topological polar surface area (TPSA) is 93.4 Å². The van der Waals surface area contributed by atoms with Crippen LogP contribution in [0.4, 0.5) is 11.4 Å². The summed E-state index contributed by atoms with van der Waals surface area (Å²) in [5.74, 6) is 0.0445. The third-order valence-electron chi connectivity index (χ3n) is 3.65. The van der Waals surface area contributed by atoms with Gasteiger partial charge in [0.2, 0.25) is 11.8 Å². The molecule has 0 spiro atoms. The maximum Gasteiger partial charge on any atom is 0.248 e. The Bertz CT molecular complexity index is 729. The first kappa shape index (κ1) is 18.3. The molecule has 0 saturated heterocycles. The molecule has 0 aliphatic heterocycles. The lowest BCUT2D eigenvalue weighted by Gasteiger charge is -2.13. The van der Waals surface area contributed by atoms with Crippen LogP contribution in [0.5, 0.6) is 5.75 Å². The second kappa shape index (κ2) is 8.73. The van der Waals surface area contributed by atoms with Gasteiger partial charge >= 0.3 is 0 Å². The highest BCUT2D eigenvalue weighted by Crippen LogP contribution is 2.17. The molecule has 25 heavy (non-hydrogen) atoms. The van der Waals surface area contributed by atoms with E-state index in [0.717, 1.165) is 17.9 Å². The van der Waals surface area contributed by atoms with Crippen molar-refractivity contribution in [2.24, 2.45) is 5.73 Å². The molecule has 6 nitrogen and oxygen atoms in total. The molecular formula is C19H23N3O3. The molecule has 132 valence electrons. The SMILES string of the molecule is CCC(C)Oc1ccc(NCC(=O)Nc2cccc(C(N)=O)c2)cc1. The molecule has 0 radical (unpaired) electrons. The fourth-order valence-electron chi connectivity index (χ4n) is 2.10. The molecule has 0 fully saturated rings. The standard InChI is InChI=1S/C19H23N3O3/c1-3-13(2)25-17-9-7-15(8-10-17)21-12-18(23)22-16-6-4-5-14(11-16)19(20)24/h4-11,13,21H,3,12H2,1-2H3,(H2,20,24)(H,22,23). The number of hydrogen-bond acceptors (Lipinski definition) is 4. The second-order valence-corrected chi connectivity index (χ2v) is 5.71. The molecule has 1 atom stereocenters.